The zero-order valence-electron chi connectivity index (χ0n) is 23.6. The molecule has 0 saturated carbocycles. The fraction of sp³-hybridized carbons (Fsp3) is 0.265. The summed E-state index contributed by atoms with van der Waals surface area (Å²) in [4.78, 5) is 46.0. The summed E-state index contributed by atoms with van der Waals surface area (Å²) in [5.74, 6) is -0.341. The zero-order valence-corrected chi connectivity index (χ0v) is 25.2. The van der Waals surface area contributed by atoms with Crippen LogP contribution in [0, 0.1) is 0 Å². The number of carbonyl (C=O) groups excluding carboxylic acids is 3. The monoisotopic (exact) mass is 614 g/mol. The van der Waals surface area contributed by atoms with Gasteiger partial charge in [-0.25, -0.2) is 0 Å². The summed E-state index contributed by atoms with van der Waals surface area (Å²) in [5.41, 5.74) is 1.64. The van der Waals surface area contributed by atoms with E-state index in [1.807, 2.05) is 83.8 Å². The van der Waals surface area contributed by atoms with Gasteiger partial charge in [0.15, 0.2) is 0 Å². The number of nitrogens with zero attached hydrogens (tertiary/aromatic N) is 3. The minimum atomic E-state index is -0.821. The number of rotatable bonds is 7. The number of hydrogen-bond acceptors (Lipinski definition) is 4. The topological polar surface area (TPSA) is 73.0 Å². The van der Waals surface area contributed by atoms with E-state index in [4.69, 9.17) is 23.2 Å². The fourth-order valence-corrected chi connectivity index (χ4v) is 6.70. The molecule has 1 N–H and O–H groups in total. The van der Waals surface area contributed by atoms with Crippen molar-refractivity contribution in [3.8, 4) is 0 Å². The van der Waals surface area contributed by atoms with Crippen LogP contribution in [-0.4, -0.2) is 65.9 Å². The van der Waals surface area contributed by atoms with Gasteiger partial charge in [-0.15, -0.1) is 0 Å². The van der Waals surface area contributed by atoms with Gasteiger partial charge in [-0.3, -0.25) is 14.4 Å². The molecular formula is C34H32Cl2N4O3. The van der Waals surface area contributed by atoms with Crippen molar-refractivity contribution in [2.24, 2.45) is 0 Å². The summed E-state index contributed by atoms with van der Waals surface area (Å²) in [6.07, 6.45) is 1.51. The molecule has 2 aliphatic rings. The van der Waals surface area contributed by atoms with Gasteiger partial charge in [0, 0.05) is 40.9 Å². The van der Waals surface area contributed by atoms with Crippen LogP contribution in [0.15, 0.2) is 91.0 Å². The molecule has 220 valence electrons. The van der Waals surface area contributed by atoms with Crippen LogP contribution in [0.25, 0.3) is 10.8 Å². The highest BCUT2D eigenvalue weighted by Gasteiger charge is 2.54. The molecule has 7 nitrogen and oxygen atoms in total. The summed E-state index contributed by atoms with van der Waals surface area (Å²) >= 11 is 12.2. The number of anilines is 1. The third-order valence-electron chi connectivity index (χ3n) is 8.52. The predicted octanol–water partition coefficient (Wildman–Crippen LogP) is 5.79. The van der Waals surface area contributed by atoms with Crippen LogP contribution in [0.2, 0.25) is 10.0 Å². The van der Waals surface area contributed by atoms with Crippen LogP contribution in [-0.2, 0) is 16.0 Å². The van der Waals surface area contributed by atoms with Crippen LogP contribution in [0.3, 0.4) is 0 Å². The molecule has 2 fully saturated rings. The number of halogens is 2. The minimum Gasteiger partial charge on any atom is -0.354 e. The Hall–Kier alpha value is -4.07. The first-order valence-corrected chi connectivity index (χ1v) is 15.2. The predicted molar refractivity (Wildman–Crippen MR) is 170 cm³/mol. The second-order valence-electron chi connectivity index (χ2n) is 11.1. The van der Waals surface area contributed by atoms with E-state index in [2.05, 4.69) is 10.2 Å². The maximum Gasteiger partial charge on any atom is 0.253 e. The molecular weight excluding hydrogens is 583 g/mol. The molecule has 0 unspecified atom stereocenters. The summed E-state index contributed by atoms with van der Waals surface area (Å²) in [7, 11) is 0. The van der Waals surface area contributed by atoms with Crippen molar-refractivity contribution in [2.75, 3.05) is 37.7 Å². The quantitative estimate of drug-likeness (QED) is 0.286. The largest absolute Gasteiger partial charge is 0.354 e. The Labute approximate surface area is 261 Å². The molecule has 0 aromatic heterocycles. The average Bonchev–Trinajstić information content (AvgIpc) is 3.28. The first-order valence-electron chi connectivity index (χ1n) is 14.4. The van der Waals surface area contributed by atoms with Crippen LogP contribution in [0.5, 0.6) is 0 Å². The van der Waals surface area contributed by atoms with E-state index in [1.165, 1.54) is 0 Å². The lowest BCUT2D eigenvalue weighted by Crippen LogP contribution is -2.57. The molecule has 2 saturated heterocycles. The Morgan fingerprint density at radius 1 is 0.837 bits per heavy atom. The lowest BCUT2D eigenvalue weighted by Gasteiger charge is -2.43. The van der Waals surface area contributed by atoms with Gasteiger partial charge < -0.3 is 20.0 Å². The van der Waals surface area contributed by atoms with E-state index in [9.17, 15) is 14.4 Å². The van der Waals surface area contributed by atoms with Gasteiger partial charge in [0.2, 0.25) is 5.91 Å². The summed E-state index contributed by atoms with van der Waals surface area (Å²) < 4.78 is 0. The van der Waals surface area contributed by atoms with E-state index in [1.54, 1.807) is 17.0 Å². The number of amides is 3. The number of piperidine rings is 1. The van der Waals surface area contributed by atoms with Gasteiger partial charge in [-0.2, -0.15) is 0 Å². The normalized spacial score (nSPS) is 16.2. The van der Waals surface area contributed by atoms with Crippen LogP contribution in [0.1, 0.15) is 28.8 Å². The van der Waals surface area contributed by atoms with Crippen molar-refractivity contribution in [3.63, 3.8) is 0 Å². The Morgan fingerprint density at radius 2 is 1.56 bits per heavy atom. The molecule has 1 spiro atoms. The van der Waals surface area contributed by atoms with Crippen LogP contribution in [0.4, 0.5) is 5.69 Å². The number of carbonyl (C=O) groups is 3. The molecule has 4 aromatic carbocycles. The Morgan fingerprint density at radius 3 is 2.30 bits per heavy atom. The molecule has 2 heterocycles. The molecule has 43 heavy (non-hydrogen) atoms. The van der Waals surface area contributed by atoms with Crippen molar-refractivity contribution in [3.05, 3.63) is 112 Å². The van der Waals surface area contributed by atoms with E-state index in [-0.39, 0.29) is 24.3 Å². The highest BCUT2D eigenvalue weighted by molar-refractivity contribution is 6.35. The number of fused-ring (bicyclic) bond motifs is 1. The highest BCUT2D eigenvalue weighted by Crippen LogP contribution is 2.39. The lowest BCUT2D eigenvalue weighted by atomic mass is 9.85. The number of benzene rings is 4. The molecule has 2 aliphatic heterocycles. The first kappa shape index (κ1) is 29.0. The van der Waals surface area contributed by atoms with Crippen molar-refractivity contribution in [1.29, 1.82) is 0 Å². The molecule has 4 aromatic rings. The van der Waals surface area contributed by atoms with E-state index in [0.717, 1.165) is 22.0 Å². The molecule has 0 bridgehead atoms. The summed E-state index contributed by atoms with van der Waals surface area (Å²) in [6, 6.07) is 28.9. The zero-order chi connectivity index (χ0) is 30.0. The van der Waals surface area contributed by atoms with Gasteiger partial charge >= 0.3 is 0 Å². The molecule has 0 aliphatic carbocycles. The van der Waals surface area contributed by atoms with Crippen molar-refractivity contribution < 1.29 is 14.4 Å². The van der Waals surface area contributed by atoms with E-state index >= 15 is 0 Å². The number of hydrogen-bond donors (Lipinski definition) is 1. The lowest BCUT2D eigenvalue weighted by molar-refractivity contribution is -0.137. The third-order valence-corrected chi connectivity index (χ3v) is 9.11. The molecule has 9 heteroatoms. The Kier molecular flexibility index (Phi) is 8.28. The molecule has 6 rings (SSSR count). The van der Waals surface area contributed by atoms with Gasteiger partial charge in [0.1, 0.15) is 12.1 Å². The number of likely N-dealkylation sites (tertiary alicyclic amines) is 1. The second kappa shape index (κ2) is 12.3. The first-order chi connectivity index (χ1) is 20.8. The molecule has 0 atom stereocenters. The molecule has 3 amide bonds. The third kappa shape index (κ3) is 5.92. The standard InChI is InChI=1S/C34H32Cl2N4O3/c35-28-13-12-25(30(36)21-28)14-17-37-31(41)22-39-23-40(29-8-2-1-3-9-29)34(33(39)43)15-18-38(19-16-34)32(42)27-11-10-24-6-4-5-7-26(24)20-27/h1-13,20-21H,14-19,22-23H2,(H,37,41). The fourth-order valence-electron chi connectivity index (χ4n) is 6.20. The van der Waals surface area contributed by atoms with Crippen LogP contribution < -0.4 is 10.2 Å². The SMILES string of the molecule is O=C(CN1CN(c2ccccc2)C2(CCN(C(=O)c3ccc4ccccc4c3)CC2)C1=O)NCCc1ccc(Cl)cc1Cl. The van der Waals surface area contributed by atoms with Gasteiger partial charge in [-0.05, 0) is 72.0 Å². The van der Waals surface area contributed by atoms with Gasteiger partial charge in [-0.1, -0.05) is 77.8 Å². The Bertz CT molecular complexity index is 1670. The Balaban J connectivity index is 1.13. The van der Waals surface area contributed by atoms with E-state index < -0.39 is 5.54 Å². The van der Waals surface area contributed by atoms with Crippen molar-refractivity contribution in [1.82, 2.24) is 15.1 Å². The van der Waals surface area contributed by atoms with Gasteiger partial charge in [0.05, 0.1) is 6.67 Å². The summed E-state index contributed by atoms with van der Waals surface area (Å²) in [6.45, 7) is 1.54. The number of para-hydroxylation sites is 1. The smallest absolute Gasteiger partial charge is 0.253 e. The minimum absolute atomic E-state index is 0.0330. The van der Waals surface area contributed by atoms with E-state index in [0.29, 0.717) is 61.2 Å². The highest BCUT2D eigenvalue weighted by atomic mass is 35.5. The second-order valence-corrected chi connectivity index (χ2v) is 12.0. The average molecular weight is 616 g/mol. The molecule has 0 radical (unpaired) electrons. The summed E-state index contributed by atoms with van der Waals surface area (Å²) in [5, 5.41) is 6.15. The number of nitrogens with one attached hydrogen (secondary N) is 1. The maximum absolute atomic E-state index is 14.0. The van der Waals surface area contributed by atoms with Crippen molar-refractivity contribution >= 4 is 57.4 Å². The van der Waals surface area contributed by atoms with Crippen molar-refractivity contribution in [2.45, 2.75) is 24.8 Å². The van der Waals surface area contributed by atoms with Crippen LogP contribution >= 0.6 is 23.2 Å². The van der Waals surface area contributed by atoms with Gasteiger partial charge in [0.25, 0.3) is 11.8 Å². The maximum atomic E-state index is 14.0.